The summed E-state index contributed by atoms with van der Waals surface area (Å²) in [5.41, 5.74) is 1.23. The summed E-state index contributed by atoms with van der Waals surface area (Å²) in [6.07, 6.45) is 4.42. The molecule has 0 aliphatic carbocycles. The van der Waals surface area contributed by atoms with E-state index >= 15 is 0 Å². The number of carbonyl (C=O) groups is 2. The molecule has 6 nitrogen and oxygen atoms in total. The molecule has 0 spiro atoms. The first kappa shape index (κ1) is 20.1. The molecule has 1 aliphatic heterocycles. The number of likely N-dealkylation sites (N-methyl/N-ethyl adjacent to an activating group) is 1. The highest BCUT2D eigenvalue weighted by atomic mass is 16.5. The molecule has 0 unspecified atom stereocenters. The number of nitrogens with zero attached hydrogens (tertiary/aromatic N) is 2. The molecule has 1 fully saturated rings. The predicted octanol–water partition coefficient (Wildman–Crippen LogP) is 2.88. The average Bonchev–Trinajstić information content (AvgIpc) is 3.27. The van der Waals surface area contributed by atoms with E-state index in [9.17, 15) is 9.59 Å². The van der Waals surface area contributed by atoms with Crippen LogP contribution < -0.4 is 4.74 Å². The molecule has 150 valence electrons. The Hall–Kier alpha value is -2.60. The fourth-order valence-electron chi connectivity index (χ4n) is 3.74. The van der Waals surface area contributed by atoms with Crippen LogP contribution in [0.5, 0.6) is 5.75 Å². The molecule has 0 radical (unpaired) electrons. The van der Waals surface area contributed by atoms with Gasteiger partial charge in [-0.25, -0.2) is 0 Å². The maximum absolute atomic E-state index is 12.3. The summed E-state index contributed by atoms with van der Waals surface area (Å²) >= 11 is 0. The van der Waals surface area contributed by atoms with Crippen LogP contribution in [0.3, 0.4) is 0 Å². The molecule has 1 saturated heterocycles. The monoisotopic (exact) mass is 384 g/mol. The van der Waals surface area contributed by atoms with E-state index in [0.29, 0.717) is 12.5 Å². The number of hydrogen-bond donors (Lipinski definition) is 0. The van der Waals surface area contributed by atoms with Crippen LogP contribution in [0.4, 0.5) is 0 Å². The molecule has 0 saturated carbocycles. The van der Waals surface area contributed by atoms with E-state index in [4.69, 9.17) is 9.15 Å². The van der Waals surface area contributed by atoms with Gasteiger partial charge in [0.25, 0.3) is 11.7 Å². The van der Waals surface area contributed by atoms with Crippen LogP contribution in [0, 0.1) is 5.92 Å². The van der Waals surface area contributed by atoms with Crippen molar-refractivity contribution in [3.63, 3.8) is 0 Å². The molecule has 3 rings (SSSR count). The Morgan fingerprint density at radius 2 is 1.93 bits per heavy atom. The molecule has 2 aromatic rings. The molecule has 1 amide bonds. The number of ketones is 1. The Labute approximate surface area is 166 Å². The standard InChI is InChI=1S/C22H28N2O4/c1-23(22(26)21(25)20-8-5-15-28-20)16-17-9-12-24(13-10-17)14-11-18-6-3-4-7-19(18)27-2/h3-8,15,17H,9-14,16H2,1-2H3. The summed E-state index contributed by atoms with van der Waals surface area (Å²) < 4.78 is 10.5. The summed E-state index contributed by atoms with van der Waals surface area (Å²) in [4.78, 5) is 28.4. The molecule has 0 atom stereocenters. The number of hydrogen-bond acceptors (Lipinski definition) is 5. The Bertz CT molecular complexity index is 780. The molecule has 1 aromatic carbocycles. The van der Waals surface area contributed by atoms with Gasteiger partial charge < -0.3 is 19.0 Å². The van der Waals surface area contributed by atoms with E-state index in [1.807, 2.05) is 18.2 Å². The maximum atomic E-state index is 12.3. The van der Waals surface area contributed by atoms with E-state index in [1.54, 1.807) is 20.2 Å². The largest absolute Gasteiger partial charge is 0.496 e. The minimum Gasteiger partial charge on any atom is -0.496 e. The van der Waals surface area contributed by atoms with Gasteiger partial charge in [-0.3, -0.25) is 9.59 Å². The summed E-state index contributed by atoms with van der Waals surface area (Å²) in [7, 11) is 3.40. The smallest absolute Gasteiger partial charge is 0.298 e. The Balaban J connectivity index is 1.42. The molecule has 2 heterocycles. The highest BCUT2D eigenvalue weighted by Crippen LogP contribution is 2.21. The zero-order valence-corrected chi connectivity index (χ0v) is 16.6. The minimum atomic E-state index is -0.582. The van der Waals surface area contributed by atoms with Crippen molar-refractivity contribution in [3.05, 3.63) is 54.0 Å². The van der Waals surface area contributed by atoms with Crippen molar-refractivity contribution in [1.82, 2.24) is 9.80 Å². The van der Waals surface area contributed by atoms with Gasteiger partial charge in [0.2, 0.25) is 0 Å². The number of amides is 1. The average molecular weight is 384 g/mol. The third kappa shape index (κ3) is 5.01. The molecule has 1 aromatic heterocycles. The fourth-order valence-corrected chi connectivity index (χ4v) is 3.74. The second-order valence-electron chi connectivity index (χ2n) is 7.34. The zero-order chi connectivity index (χ0) is 19.9. The lowest BCUT2D eigenvalue weighted by Gasteiger charge is -2.33. The van der Waals surface area contributed by atoms with Gasteiger partial charge in [0.15, 0.2) is 5.76 Å². The maximum Gasteiger partial charge on any atom is 0.298 e. The van der Waals surface area contributed by atoms with Crippen LogP contribution >= 0.6 is 0 Å². The second kappa shape index (κ2) is 9.55. The van der Waals surface area contributed by atoms with E-state index in [0.717, 1.165) is 44.6 Å². The van der Waals surface area contributed by atoms with Crippen molar-refractivity contribution >= 4 is 11.7 Å². The lowest BCUT2D eigenvalue weighted by atomic mass is 9.95. The number of likely N-dealkylation sites (tertiary alicyclic amines) is 1. The van der Waals surface area contributed by atoms with Crippen LogP contribution in [-0.2, 0) is 11.2 Å². The molecular weight excluding hydrogens is 356 g/mol. The highest BCUT2D eigenvalue weighted by molar-refractivity contribution is 6.41. The number of furan rings is 1. The van der Waals surface area contributed by atoms with Gasteiger partial charge in [0, 0.05) is 20.1 Å². The summed E-state index contributed by atoms with van der Waals surface area (Å²) in [6, 6.07) is 11.3. The van der Waals surface area contributed by atoms with Crippen LogP contribution in [-0.4, -0.2) is 61.8 Å². The lowest BCUT2D eigenvalue weighted by molar-refractivity contribution is -0.126. The van der Waals surface area contributed by atoms with Gasteiger partial charge in [-0.05, 0) is 62.0 Å². The van der Waals surface area contributed by atoms with E-state index in [2.05, 4.69) is 11.0 Å². The van der Waals surface area contributed by atoms with Crippen molar-refractivity contribution in [2.45, 2.75) is 19.3 Å². The molecular formula is C22H28N2O4. The van der Waals surface area contributed by atoms with Crippen molar-refractivity contribution in [2.24, 2.45) is 5.92 Å². The first-order valence-electron chi connectivity index (χ1n) is 9.76. The van der Waals surface area contributed by atoms with Gasteiger partial charge in [0.1, 0.15) is 5.75 Å². The quantitative estimate of drug-likeness (QED) is 0.517. The number of rotatable bonds is 8. The number of para-hydroxylation sites is 1. The molecule has 28 heavy (non-hydrogen) atoms. The van der Waals surface area contributed by atoms with E-state index in [-0.39, 0.29) is 5.76 Å². The molecule has 0 bridgehead atoms. The van der Waals surface area contributed by atoms with E-state index < -0.39 is 11.7 Å². The molecule has 6 heteroatoms. The number of Topliss-reactive ketones (excluding diaryl/α,β-unsaturated/α-hetero) is 1. The Kier molecular flexibility index (Phi) is 6.87. The van der Waals surface area contributed by atoms with Crippen molar-refractivity contribution in [1.29, 1.82) is 0 Å². The first-order chi connectivity index (χ1) is 13.6. The number of benzene rings is 1. The summed E-state index contributed by atoms with van der Waals surface area (Å²) in [6.45, 7) is 3.62. The van der Waals surface area contributed by atoms with Crippen molar-refractivity contribution in [3.8, 4) is 5.75 Å². The zero-order valence-electron chi connectivity index (χ0n) is 16.6. The Morgan fingerprint density at radius 3 is 2.61 bits per heavy atom. The number of piperidine rings is 1. The van der Waals surface area contributed by atoms with Gasteiger partial charge in [0.05, 0.1) is 13.4 Å². The van der Waals surface area contributed by atoms with E-state index in [1.165, 1.54) is 22.8 Å². The Morgan fingerprint density at radius 1 is 1.18 bits per heavy atom. The second-order valence-corrected chi connectivity index (χ2v) is 7.34. The van der Waals surface area contributed by atoms with Gasteiger partial charge in [-0.2, -0.15) is 0 Å². The van der Waals surface area contributed by atoms with Crippen LogP contribution in [0.25, 0.3) is 0 Å². The third-order valence-corrected chi connectivity index (χ3v) is 5.42. The normalized spacial score (nSPS) is 15.4. The lowest BCUT2D eigenvalue weighted by Crippen LogP contribution is -2.41. The molecule has 0 N–H and O–H groups in total. The van der Waals surface area contributed by atoms with Gasteiger partial charge in [-0.1, -0.05) is 18.2 Å². The predicted molar refractivity (Wildman–Crippen MR) is 107 cm³/mol. The highest BCUT2D eigenvalue weighted by Gasteiger charge is 2.26. The number of carbonyl (C=O) groups excluding carboxylic acids is 2. The fraction of sp³-hybridized carbons (Fsp3) is 0.455. The minimum absolute atomic E-state index is 0.100. The van der Waals surface area contributed by atoms with Crippen LogP contribution in [0.2, 0.25) is 0 Å². The van der Waals surface area contributed by atoms with Crippen LogP contribution in [0.15, 0.2) is 47.1 Å². The molecule has 1 aliphatic rings. The number of methoxy groups -OCH3 is 1. The topological polar surface area (TPSA) is 63.0 Å². The van der Waals surface area contributed by atoms with Crippen molar-refractivity contribution in [2.75, 3.05) is 40.3 Å². The first-order valence-corrected chi connectivity index (χ1v) is 9.76. The van der Waals surface area contributed by atoms with Crippen molar-refractivity contribution < 1.29 is 18.7 Å². The summed E-state index contributed by atoms with van der Waals surface area (Å²) in [5, 5.41) is 0. The SMILES string of the molecule is COc1ccccc1CCN1CCC(CN(C)C(=O)C(=O)c2ccco2)CC1. The summed E-state index contributed by atoms with van der Waals surface area (Å²) in [5.74, 6) is 0.373. The number of ether oxygens (including phenoxy) is 1. The van der Waals surface area contributed by atoms with Gasteiger partial charge >= 0.3 is 0 Å². The third-order valence-electron chi connectivity index (χ3n) is 5.42. The van der Waals surface area contributed by atoms with Crippen LogP contribution in [0.1, 0.15) is 29.0 Å². The van der Waals surface area contributed by atoms with Gasteiger partial charge in [-0.15, -0.1) is 0 Å².